The molecule has 3 N–H and O–H groups in total. The molecule has 17 heavy (non-hydrogen) atoms. The van der Waals surface area contributed by atoms with Gasteiger partial charge in [0.2, 0.25) is 0 Å². The van der Waals surface area contributed by atoms with Crippen LogP contribution in [0.1, 0.15) is 42.7 Å². The third-order valence-corrected chi connectivity index (χ3v) is 3.59. The molecule has 1 aromatic rings. The van der Waals surface area contributed by atoms with Crippen LogP contribution in [0, 0.1) is 12.3 Å². The number of rotatable bonds is 1. The van der Waals surface area contributed by atoms with Crippen molar-refractivity contribution in [1.82, 2.24) is 15.1 Å². The number of nitrogens with zero attached hydrogens (tertiary/aromatic N) is 2. The average molecular weight is 236 g/mol. The molecule has 0 radical (unpaired) electrons. The molecule has 1 aliphatic heterocycles. The molecule has 1 saturated heterocycles. The lowest BCUT2D eigenvalue weighted by molar-refractivity contribution is 0.0630. The zero-order valence-electron chi connectivity index (χ0n) is 10.7. The number of aromatic nitrogens is 2. The van der Waals surface area contributed by atoms with E-state index in [1.54, 1.807) is 0 Å². The van der Waals surface area contributed by atoms with Gasteiger partial charge in [-0.2, -0.15) is 5.10 Å². The van der Waals surface area contributed by atoms with Gasteiger partial charge < -0.3 is 10.6 Å². The van der Waals surface area contributed by atoms with Gasteiger partial charge in [0.25, 0.3) is 5.91 Å². The molecule has 94 valence electrons. The van der Waals surface area contributed by atoms with Crippen LogP contribution in [0.2, 0.25) is 0 Å². The molecule has 1 amide bonds. The summed E-state index contributed by atoms with van der Waals surface area (Å²) in [7, 11) is 0. The van der Waals surface area contributed by atoms with E-state index in [9.17, 15) is 4.79 Å². The number of nitrogens with one attached hydrogen (secondary N) is 1. The van der Waals surface area contributed by atoms with Crippen LogP contribution in [0.3, 0.4) is 0 Å². The number of hydrogen-bond donors (Lipinski definition) is 2. The standard InChI is InChI=1S/C12H20N4O/c1-8-9(10(13)15-14-8)11(17)16-6-4-12(2,3)5-7-16/h4-7H2,1-3H3,(H3,13,14,15). The minimum atomic E-state index is 0.00394. The van der Waals surface area contributed by atoms with Gasteiger partial charge in [0, 0.05) is 18.8 Å². The summed E-state index contributed by atoms with van der Waals surface area (Å²) in [6.07, 6.45) is 2.07. The predicted octanol–water partition coefficient (Wildman–Crippen LogP) is 1.56. The van der Waals surface area contributed by atoms with E-state index in [1.165, 1.54) is 0 Å². The second kappa shape index (κ2) is 4.05. The van der Waals surface area contributed by atoms with Gasteiger partial charge in [-0.25, -0.2) is 0 Å². The number of piperidine rings is 1. The highest BCUT2D eigenvalue weighted by Gasteiger charge is 2.30. The molecular weight excluding hydrogens is 216 g/mol. The number of nitrogens with two attached hydrogens (primary N) is 1. The molecule has 0 aromatic carbocycles. The Labute approximate surface area is 101 Å². The van der Waals surface area contributed by atoms with Gasteiger partial charge in [-0.1, -0.05) is 13.8 Å². The molecule has 1 aromatic heterocycles. The zero-order chi connectivity index (χ0) is 12.6. The SMILES string of the molecule is Cc1[nH]nc(N)c1C(=O)N1CCC(C)(C)CC1. The lowest BCUT2D eigenvalue weighted by Crippen LogP contribution is -2.41. The maximum atomic E-state index is 12.3. The van der Waals surface area contributed by atoms with Crippen molar-refractivity contribution in [1.29, 1.82) is 0 Å². The summed E-state index contributed by atoms with van der Waals surface area (Å²) in [4.78, 5) is 14.2. The van der Waals surface area contributed by atoms with Crippen LogP contribution in [0.15, 0.2) is 0 Å². The van der Waals surface area contributed by atoms with Crippen LogP contribution in [-0.2, 0) is 0 Å². The second-order valence-electron chi connectivity index (χ2n) is 5.57. The molecular formula is C12H20N4O. The number of aryl methyl sites for hydroxylation is 1. The molecule has 0 bridgehead atoms. The van der Waals surface area contributed by atoms with E-state index in [-0.39, 0.29) is 5.91 Å². The van der Waals surface area contributed by atoms with E-state index in [4.69, 9.17) is 5.73 Å². The first-order valence-electron chi connectivity index (χ1n) is 6.00. The van der Waals surface area contributed by atoms with Crippen molar-refractivity contribution in [2.45, 2.75) is 33.6 Å². The Balaban J connectivity index is 2.12. The highest BCUT2D eigenvalue weighted by Crippen LogP contribution is 2.30. The Hall–Kier alpha value is -1.52. The molecule has 5 heteroatoms. The fraction of sp³-hybridized carbons (Fsp3) is 0.667. The zero-order valence-corrected chi connectivity index (χ0v) is 10.7. The van der Waals surface area contributed by atoms with Gasteiger partial charge in [-0.05, 0) is 25.2 Å². The molecule has 0 aliphatic carbocycles. The largest absolute Gasteiger partial charge is 0.382 e. The van der Waals surface area contributed by atoms with E-state index in [0.29, 0.717) is 16.8 Å². The molecule has 1 fully saturated rings. The Morgan fingerprint density at radius 3 is 2.47 bits per heavy atom. The van der Waals surface area contributed by atoms with Crippen LogP contribution in [0.25, 0.3) is 0 Å². The Morgan fingerprint density at radius 2 is 2.00 bits per heavy atom. The number of H-pyrrole nitrogens is 1. The first-order chi connectivity index (χ1) is 7.91. The maximum absolute atomic E-state index is 12.3. The molecule has 2 rings (SSSR count). The normalized spacial score (nSPS) is 19.4. The monoisotopic (exact) mass is 236 g/mol. The molecule has 0 spiro atoms. The summed E-state index contributed by atoms with van der Waals surface area (Å²) in [5, 5.41) is 6.62. The Morgan fingerprint density at radius 1 is 1.41 bits per heavy atom. The molecule has 0 saturated carbocycles. The first kappa shape index (κ1) is 12.0. The predicted molar refractivity (Wildman–Crippen MR) is 66.7 cm³/mol. The fourth-order valence-electron chi connectivity index (χ4n) is 2.19. The summed E-state index contributed by atoms with van der Waals surface area (Å²) in [5.74, 6) is 0.307. The number of amides is 1. The summed E-state index contributed by atoms with van der Waals surface area (Å²) in [6.45, 7) is 7.91. The van der Waals surface area contributed by atoms with Gasteiger partial charge in [0.1, 0.15) is 5.56 Å². The van der Waals surface area contributed by atoms with E-state index in [2.05, 4.69) is 24.0 Å². The smallest absolute Gasteiger partial charge is 0.259 e. The van der Waals surface area contributed by atoms with Crippen molar-refractivity contribution in [3.63, 3.8) is 0 Å². The van der Waals surface area contributed by atoms with Gasteiger partial charge in [0.15, 0.2) is 5.82 Å². The minimum absolute atomic E-state index is 0.00394. The number of aromatic amines is 1. The van der Waals surface area contributed by atoms with Crippen molar-refractivity contribution < 1.29 is 4.79 Å². The molecule has 2 heterocycles. The van der Waals surface area contributed by atoms with Gasteiger partial charge in [-0.3, -0.25) is 9.89 Å². The van der Waals surface area contributed by atoms with Crippen LogP contribution in [-0.4, -0.2) is 34.1 Å². The fourth-order valence-corrected chi connectivity index (χ4v) is 2.19. The van der Waals surface area contributed by atoms with E-state index in [1.807, 2.05) is 11.8 Å². The van der Waals surface area contributed by atoms with Crippen molar-refractivity contribution in [2.75, 3.05) is 18.8 Å². The summed E-state index contributed by atoms with van der Waals surface area (Å²) in [5.41, 5.74) is 7.33. The minimum Gasteiger partial charge on any atom is -0.382 e. The molecule has 0 atom stereocenters. The van der Waals surface area contributed by atoms with Crippen LogP contribution in [0.5, 0.6) is 0 Å². The second-order valence-corrected chi connectivity index (χ2v) is 5.57. The highest BCUT2D eigenvalue weighted by molar-refractivity contribution is 5.99. The lowest BCUT2D eigenvalue weighted by Gasteiger charge is -2.36. The summed E-state index contributed by atoms with van der Waals surface area (Å²) >= 11 is 0. The average Bonchev–Trinajstić information content (AvgIpc) is 2.58. The van der Waals surface area contributed by atoms with Crippen molar-refractivity contribution in [3.05, 3.63) is 11.3 Å². The Bertz CT molecular complexity index is 406. The summed E-state index contributed by atoms with van der Waals surface area (Å²) in [6, 6.07) is 0. The summed E-state index contributed by atoms with van der Waals surface area (Å²) < 4.78 is 0. The number of carbonyl (C=O) groups excluding carboxylic acids is 1. The maximum Gasteiger partial charge on any atom is 0.259 e. The number of hydrogen-bond acceptors (Lipinski definition) is 3. The number of likely N-dealkylation sites (tertiary alicyclic amines) is 1. The van der Waals surface area contributed by atoms with Crippen molar-refractivity contribution in [3.8, 4) is 0 Å². The van der Waals surface area contributed by atoms with Gasteiger partial charge in [-0.15, -0.1) is 0 Å². The third-order valence-electron chi connectivity index (χ3n) is 3.59. The number of anilines is 1. The third kappa shape index (κ3) is 2.28. The van der Waals surface area contributed by atoms with E-state index >= 15 is 0 Å². The van der Waals surface area contributed by atoms with E-state index < -0.39 is 0 Å². The molecule has 1 aliphatic rings. The van der Waals surface area contributed by atoms with Gasteiger partial charge >= 0.3 is 0 Å². The first-order valence-corrected chi connectivity index (χ1v) is 6.00. The number of carbonyl (C=O) groups is 1. The van der Waals surface area contributed by atoms with Crippen LogP contribution >= 0.6 is 0 Å². The molecule has 5 nitrogen and oxygen atoms in total. The quantitative estimate of drug-likeness (QED) is 0.777. The number of nitrogen functional groups attached to an aromatic ring is 1. The molecule has 0 unspecified atom stereocenters. The van der Waals surface area contributed by atoms with Crippen molar-refractivity contribution >= 4 is 11.7 Å². The van der Waals surface area contributed by atoms with Gasteiger partial charge in [0.05, 0.1) is 0 Å². The Kier molecular flexibility index (Phi) is 2.85. The van der Waals surface area contributed by atoms with Crippen molar-refractivity contribution in [2.24, 2.45) is 5.41 Å². The lowest BCUT2D eigenvalue weighted by atomic mass is 9.82. The topological polar surface area (TPSA) is 75.0 Å². The van der Waals surface area contributed by atoms with Crippen LogP contribution < -0.4 is 5.73 Å². The van der Waals surface area contributed by atoms with Crippen LogP contribution in [0.4, 0.5) is 5.82 Å². The van der Waals surface area contributed by atoms with E-state index in [0.717, 1.165) is 31.6 Å². The highest BCUT2D eigenvalue weighted by atomic mass is 16.2.